The van der Waals surface area contributed by atoms with Gasteiger partial charge in [-0.1, -0.05) is 25.5 Å². The molecule has 1 heterocycles. The number of nitrogens with zero attached hydrogens (tertiary/aromatic N) is 2. The Bertz CT molecular complexity index is 473. The van der Waals surface area contributed by atoms with E-state index in [0.29, 0.717) is 0 Å². The predicted molar refractivity (Wildman–Crippen MR) is 72.2 cm³/mol. The van der Waals surface area contributed by atoms with Crippen molar-refractivity contribution in [2.75, 3.05) is 13.1 Å². The van der Waals surface area contributed by atoms with Crippen LogP contribution in [0.4, 0.5) is 0 Å². The van der Waals surface area contributed by atoms with Crippen LogP contribution in [0.3, 0.4) is 0 Å². The normalized spacial score (nSPS) is 11.2. The van der Waals surface area contributed by atoms with Crippen LogP contribution in [0.2, 0.25) is 0 Å². The molecule has 0 aliphatic rings. The molecule has 0 radical (unpaired) electrons. The summed E-state index contributed by atoms with van der Waals surface area (Å²) in [4.78, 5) is 4.56. The first-order valence-electron chi connectivity index (χ1n) is 6.45. The number of benzene rings is 1. The fourth-order valence-electron chi connectivity index (χ4n) is 2.10. The van der Waals surface area contributed by atoms with Crippen LogP contribution < -0.4 is 5.32 Å². The number of fused-ring (bicyclic) bond motifs is 1. The number of hydrogen-bond acceptors (Lipinski definition) is 2. The van der Waals surface area contributed by atoms with E-state index in [2.05, 4.69) is 46.9 Å². The van der Waals surface area contributed by atoms with E-state index in [1.165, 1.54) is 18.4 Å². The maximum Gasteiger partial charge on any atom is 0.106 e. The molecule has 0 aliphatic carbocycles. The predicted octanol–water partition coefficient (Wildman–Crippen LogP) is 2.73. The second kappa shape index (κ2) is 5.82. The van der Waals surface area contributed by atoms with Crippen molar-refractivity contribution in [1.82, 2.24) is 14.9 Å². The molecule has 2 rings (SSSR count). The molecule has 0 saturated heterocycles. The van der Waals surface area contributed by atoms with Crippen LogP contribution in [0.25, 0.3) is 11.0 Å². The maximum atomic E-state index is 4.56. The summed E-state index contributed by atoms with van der Waals surface area (Å²) in [6, 6.07) is 8.33. The van der Waals surface area contributed by atoms with Gasteiger partial charge in [0.15, 0.2) is 0 Å². The lowest BCUT2D eigenvalue weighted by Gasteiger charge is -2.07. The van der Waals surface area contributed by atoms with Gasteiger partial charge in [-0.05, 0) is 32.0 Å². The van der Waals surface area contributed by atoms with Crippen molar-refractivity contribution >= 4 is 11.0 Å². The second-order valence-electron chi connectivity index (χ2n) is 4.40. The fourth-order valence-corrected chi connectivity index (χ4v) is 2.10. The Balaban J connectivity index is 2.00. The highest BCUT2D eigenvalue weighted by atomic mass is 15.1. The molecule has 0 amide bonds. The van der Waals surface area contributed by atoms with Crippen LogP contribution in [-0.4, -0.2) is 22.6 Å². The fraction of sp³-hybridized carbons (Fsp3) is 0.500. The van der Waals surface area contributed by atoms with Gasteiger partial charge in [0.25, 0.3) is 0 Å². The third-order valence-corrected chi connectivity index (χ3v) is 3.06. The first-order chi connectivity index (χ1) is 8.33. The molecule has 0 fully saturated rings. The molecule has 0 atom stereocenters. The lowest BCUT2D eigenvalue weighted by Crippen LogP contribution is -2.21. The molecule has 3 nitrogen and oxygen atoms in total. The average molecular weight is 231 g/mol. The van der Waals surface area contributed by atoms with Gasteiger partial charge in [0.2, 0.25) is 0 Å². The van der Waals surface area contributed by atoms with Gasteiger partial charge in [-0.25, -0.2) is 4.98 Å². The molecule has 3 heteroatoms. The van der Waals surface area contributed by atoms with E-state index in [1.54, 1.807) is 0 Å². The summed E-state index contributed by atoms with van der Waals surface area (Å²) < 4.78 is 2.29. The van der Waals surface area contributed by atoms with Gasteiger partial charge in [-0.15, -0.1) is 0 Å². The van der Waals surface area contributed by atoms with Crippen molar-refractivity contribution < 1.29 is 0 Å². The van der Waals surface area contributed by atoms with E-state index in [0.717, 1.165) is 31.0 Å². The minimum absolute atomic E-state index is 0.996. The van der Waals surface area contributed by atoms with Crippen LogP contribution in [-0.2, 0) is 6.54 Å². The van der Waals surface area contributed by atoms with Crippen molar-refractivity contribution in [3.8, 4) is 0 Å². The molecular weight excluding hydrogens is 210 g/mol. The van der Waals surface area contributed by atoms with E-state index in [4.69, 9.17) is 0 Å². The number of hydrogen-bond donors (Lipinski definition) is 1. The zero-order valence-corrected chi connectivity index (χ0v) is 10.7. The van der Waals surface area contributed by atoms with Crippen LogP contribution in [0.1, 0.15) is 25.6 Å². The Morgan fingerprint density at radius 1 is 1.24 bits per heavy atom. The molecule has 1 aromatic carbocycles. The summed E-state index contributed by atoms with van der Waals surface area (Å²) >= 11 is 0. The highest BCUT2D eigenvalue weighted by Crippen LogP contribution is 2.14. The first kappa shape index (κ1) is 12.1. The Labute approximate surface area is 103 Å². The quantitative estimate of drug-likeness (QED) is 0.775. The van der Waals surface area contributed by atoms with E-state index in [9.17, 15) is 0 Å². The maximum absolute atomic E-state index is 4.56. The van der Waals surface area contributed by atoms with Gasteiger partial charge in [0, 0.05) is 13.1 Å². The lowest BCUT2D eigenvalue weighted by molar-refractivity contribution is 0.580. The summed E-state index contributed by atoms with van der Waals surface area (Å²) in [7, 11) is 0. The molecule has 0 saturated carbocycles. The van der Waals surface area contributed by atoms with Crippen molar-refractivity contribution in [2.45, 2.75) is 33.2 Å². The Morgan fingerprint density at radius 2 is 2.06 bits per heavy atom. The number of aryl methyl sites for hydroxylation is 1. The molecule has 92 valence electrons. The summed E-state index contributed by atoms with van der Waals surface area (Å²) in [5, 5.41) is 3.47. The third kappa shape index (κ3) is 2.86. The van der Waals surface area contributed by atoms with Gasteiger partial charge in [-0.3, -0.25) is 0 Å². The number of imidazole rings is 1. The van der Waals surface area contributed by atoms with Gasteiger partial charge in [-0.2, -0.15) is 0 Å². The zero-order valence-electron chi connectivity index (χ0n) is 10.7. The molecule has 17 heavy (non-hydrogen) atoms. The number of rotatable bonds is 6. The first-order valence-corrected chi connectivity index (χ1v) is 6.45. The molecule has 2 aromatic rings. The Morgan fingerprint density at radius 3 is 2.88 bits per heavy atom. The van der Waals surface area contributed by atoms with E-state index in [1.807, 2.05) is 6.07 Å². The molecule has 0 spiro atoms. The minimum Gasteiger partial charge on any atom is -0.327 e. The highest BCUT2D eigenvalue weighted by Gasteiger charge is 2.05. The number of aromatic nitrogens is 2. The molecule has 0 bridgehead atoms. The van der Waals surface area contributed by atoms with Gasteiger partial charge < -0.3 is 9.88 Å². The molecular formula is C14H21N3. The van der Waals surface area contributed by atoms with Crippen molar-refractivity contribution in [2.24, 2.45) is 0 Å². The van der Waals surface area contributed by atoms with E-state index >= 15 is 0 Å². The summed E-state index contributed by atoms with van der Waals surface area (Å²) in [6.07, 6.45) is 2.50. The van der Waals surface area contributed by atoms with Crippen molar-refractivity contribution in [3.63, 3.8) is 0 Å². The summed E-state index contributed by atoms with van der Waals surface area (Å²) in [5.41, 5.74) is 2.33. The summed E-state index contributed by atoms with van der Waals surface area (Å²) in [5.74, 6) is 1.10. The number of unbranched alkanes of at least 4 members (excludes halogenated alkanes) is 1. The minimum atomic E-state index is 0.996. The molecule has 0 unspecified atom stereocenters. The van der Waals surface area contributed by atoms with E-state index < -0.39 is 0 Å². The topological polar surface area (TPSA) is 29.9 Å². The van der Waals surface area contributed by atoms with Crippen LogP contribution in [0.15, 0.2) is 24.3 Å². The van der Waals surface area contributed by atoms with Gasteiger partial charge >= 0.3 is 0 Å². The number of para-hydroxylation sites is 2. The monoisotopic (exact) mass is 231 g/mol. The standard InChI is InChI=1S/C14H21N3/c1-3-4-9-15-10-11-17-12(2)16-13-7-5-6-8-14(13)17/h5-8,15H,3-4,9-11H2,1-2H3. The van der Waals surface area contributed by atoms with Crippen molar-refractivity contribution in [1.29, 1.82) is 0 Å². The Hall–Kier alpha value is -1.35. The van der Waals surface area contributed by atoms with Gasteiger partial charge in [0.1, 0.15) is 5.82 Å². The highest BCUT2D eigenvalue weighted by molar-refractivity contribution is 5.75. The van der Waals surface area contributed by atoms with Crippen molar-refractivity contribution in [3.05, 3.63) is 30.1 Å². The molecule has 1 N–H and O–H groups in total. The SMILES string of the molecule is CCCCNCCn1c(C)nc2ccccc21. The molecule has 0 aliphatic heterocycles. The average Bonchev–Trinajstić information content (AvgIpc) is 2.65. The van der Waals surface area contributed by atoms with Crippen LogP contribution in [0.5, 0.6) is 0 Å². The zero-order chi connectivity index (χ0) is 12.1. The third-order valence-electron chi connectivity index (χ3n) is 3.06. The Kier molecular flexibility index (Phi) is 4.15. The second-order valence-corrected chi connectivity index (χ2v) is 4.40. The van der Waals surface area contributed by atoms with Crippen LogP contribution in [0, 0.1) is 6.92 Å². The van der Waals surface area contributed by atoms with Crippen LogP contribution >= 0.6 is 0 Å². The van der Waals surface area contributed by atoms with Gasteiger partial charge in [0.05, 0.1) is 11.0 Å². The lowest BCUT2D eigenvalue weighted by atomic mass is 10.3. The number of nitrogens with one attached hydrogen (secondary N) is 1. The summed E-state index contributed by atoms with van der Waals surface area (Å²) in [6.45, 7) is 7.42. The molecule has 1 aromatic heterocycles. The largest absolute Gasteiger partial charge is 0.327 e. The van der Waals surface area contributed by atoms with E-state index in [-0.39, 0.29) is 0 Å². The smallest absolute Gasteiger partial charge is 0.106 e.